The van der Waals surface area contributed by atoms with Gasteiger partial charge in [-0.15, -0.1) is 0 Å². The summed E-state index contributed by atoms with van der Waals surface area (Å²) >= 11 is 3.04. The number of hydrogen-bond acceptors (Lipinski definition) is 2. The van der Waals surface area contributed by atoms with Crippen molar-refractivity contribution < 1.29 is 18.0 Å². The molecule has 108 valence electrons. The molecule has 1 unspecified atom stereocenters. The molecule has 1 N–H and O–H groups in total. The highest BCUT2D eigenvalue weighted by atomic mass is 79.9. The van der Waals surface area contributed by atoms with Crippen molar-refractivity contribution in [2.24, 2.45) is 5.92 Å². The van der Waals surface area contributed by atoms with Gasteiger partial charge in [-0.05, 0) is 40.0 Å². The normalized spacial score (nSPS) is 12.9. The van der Waals surface area contributed by atoms with Crippen LogP contribution >= 0.6 is 15.9 Å². The Morgan fingerprint density at radius 1 is 1.40 bits per heavy atom. The summed E-state index contributed by atoms with van der Waals surface area (Å²) in [7, 11) is 0. The predicted molar refractivity (Wildman–Crippen MR) is 70.8 cm³/mol. The standard InChI is InChI=1S/C13H12BrF3N2O/c1-7(2)11(6-18)19-12(20)9-5-8(13(15,16)17)3-4-10(9)14/h3-5,7,11H,1-2H3,(H,19,20). The summed E-state index contributed by atoms with van der Waals surface area (Å²) in [4.78, 5) is 12.0. The Balaban J connectivity index is 3.07. The van der Waals surface area contributed by atoms with E-state index < -0.39 is 23.7 Å². The third-order valence-electron chi connectivity index (χ3n) is 2.63. The summed E-state index contributed by atoms with van der Waals surface area (Å²) in [6.07, 6.45) is -4.53. The monoisotopic (exact) mass is 348 g/mol. The zero-order valence-corrected chi connectivity index (χ0v) is 12.3. The summed E-state index contributed by atoms with van der Waals surface area (Å²) in [5, 5.41) is 11.3. The number of benzene rings is 1. The SMILES string of the molecule is CC(C)C(C#N)NC(=O)c1cc(C(F)(F)F)ccc1Br. The Labute approximate surface area is 122 Å². The number of nitrogens with zero attached hydrogens (tertiary/aromatic N) is 1. The molecule has 0 aliphatic heterocycles. The zero-order chi connectivity index (χ0) is 15.5. The molecule has 0 heterocycles. The number of amides is 1. The van der Waals surface area contributed by atoms with Gasteiger partial charge in [0.2, 0.25) is 0 Å². The first kappa shape index (κ1) is 16.5. The van der Waals surface area contributed by atoms with Crippen molar-refractivity contribution in [2.75, 3.05) is 0 Å². The van der Waals surface area contributed by atoms with Crippen LogP contribution in [0, 0.1) is 17.2 Å². The fourth-order valence-corrected chi connectivity index (χ4v) is 1.87. The van der Waals surface area contributed by atoms with Crippen LogP contribution < -0.4 is 5.32 Å². The fraction of sp³-hybridized carbons (Fsp3) is 0.385. The first-order valence-electron chi connectivity index (χ1n) is 5.74. The molecule has 0 fully saturated rings. The predicted octanol–water partition coefficient (Wildman–Crippen LogP) is 3.75. The van der Waals surface area contributed by atoms with E-state index in [9.17, 15) is 18.0 Å². The molecule has 3 nitrogen and oxygen atoms in total. The average molecular weight is 349 g/mol. The molecular formula is C13H12BrF3N2O. The van der Waals surface area contributed by atoms with Gasteiger partial charge in [-0.25, -0.2) is 0 Å². The van der Waals surface area contributed by atoms with Crippen molar-refractivity contribution in [2.45, 2.75) is 26.1 Å². The average Bonchev–Trinajstić information content (AvgIpc) is 2.34. The minimum absolute atomic E-state index is 0.145. The van der Waals surface area contributed by atoms with Crippen LogP contribution in [0.15, 0.2) is 22.7 Å². The van der Waals surface area contributed by atoms with Crippen LogP contribution in [0.25, 0.3) is 0 Å². The summed E-state index contributed by atoms with van der Waals surface area (Å²) in [6.45, 7) is 3.46. The largest absolute Gasteiger partial charge is 0.416 e. The lowest BCUT2D eigenvalue weighted by Gasteiger charge is -2.16. The first-order valence-corrected chi connectivity index (χ1v) is 6.53. The van der Waals surface area contributed by atoms with Gasteiger partial charge in [0.15, 0.2) is 0 Å². The molecule has 0 aliphatic rings. The van der Waals surface area contributed by atoms with Gasteiger partial charge >= 0.3 is 6.18 Å². The molecule has 0 bridgehead atoms. The highest BCUT2D eigenvalue weighted by molar-refractivity contribution is 9.10. The molecular weight excluding hydrogens is 337 g/mol. The minimum Gasteiger partial charge on any atom is -0.336 e. The molecule has 7 heteroatoms. The second-order valence-electron chi connectivity index (χ2n) is 4.52. The van der Waals surface area contributed by atoms with E-state index in [0.29, 0.717) is 0 Å². The van der Waals surface area contributed by atoms with E-state index >= 15 is 0 Å². The first-order chi connectivity index (χ1) is 9.16. The van der Waals surface area contributed by atoms with Gasteiger partial charge in [-0.1, -0.05) is 13.8 Å². The van der Waals surface area contributed by atoms with Crippen LogP contribution in [-0.4, -0.2) is 11.9 Å². The van der Waals surface area contributed by atoms with Gasteiger partial charge in [-0.2, -0.15) is 18.4 Å². The number of hydrogen-bond donors (Lipinski definition) is 1. The molecule has 20 heavy (non-hydrogen) atoms. The minimum atomic E-state index is -4.53. The topological polar surface area (TPSA) is 52.9 Å². The molecule has 0 saturated heterocycles. The van der Waals surface area contributed by atoms with E-state index in [0.717, 1.165) is 18.2 Å². The molecule has 0 spiro atoms. The highest BCUT2D eigenvalue weighted by Gasteiger charge is 2.31. The maximum atomic E-state index is 12.6. The van der Waals surface area contributed by atoms with Gasteiger partial charge in [0.1, 0.15) is 6.04 Å². The second-order valence-corrected chi connectivity index (χ2v) is 5.37. The molecule has 0 radical (unpaired) electrons. The van der Waals surface area contributed by atoms with Crippen LogP contribution in [-0.2, 0) is 6.18 Å². The highest BCUT2D eigenvalue weighted by Crippen LogP contribution is 2.31. The number of nitriles is 1. The third kappa shape index (κ3) is 3.97. The molecule has 1 atom stereocenters. The fourth-order valence-electron chi connectivity index (χ4n) is 1.44. The van der Waals surface area contributed by atoms with Crippen LogP contribution in [0.5, 0.6) is 0 Å². The smallest absolute Gasteiger partial charge is 0.336 e. The van der Waals surface area contributed by atoms with Gasteiger partial charge in [0, 0.05) is 4.47 Å². The summed E-state index contributed by atoms with van der Waals surface area (Å²) in [5.74, 6) is -0.864. The third-order valence-corrected chi connectivity index (χ3v) is 3.32. The summed E-state index contributed by atoms with van der Waals surface area (Å²) < 4.78 is 38.1. The lowest BCUT2D eigenvalue weighted by atomic mass is 10.0. The molecule has 0 saturated carbocycles. The van der Waals surface area contributed by atoms with E-state index in [1.54, 1.807) is 13.8 Å². The van der Waals surface area contributed by atoms with E-state index in [2.05, 4.69) is 21.2 Å². The van der Waals surface area contributed by atoms with Crippen LogP contribution in [0.4, 0.5) is 13.2 Å². The van der Waals surface area contributed by atoms with E-state index in [1.165, 1.54) is 0 Å². The number of rotatable bonds is 3. The van der Waals surface area contributed by atoms with E-state index in [-0.39, 0.29) is 16.0 Å². The van der Waals surface area contributed by atoms with E-state index in [4.69, 9.17) is 5.26 Å². The Bertz CT molecular complexity index is 550. The number of carbonyl (C=O) groups excluding carboxylic acids is 1. The quantitative estimate of drug-likeness (QED) is 0.904. The lowest BCUT2D eigenvalue weighted by molar-refractivity contribution is -0.137. The Morgan fingerprint density at radius 3 is 2.45 bits per heavy atom. The molecule has 1 aromatic carbocycles. The van der Waals surface area contributed by atoms with Crippen molar-refractivity contribution >= 4 is 21.8 Å². The molecule has 1 aromatic rings. The molecule has 0 aromatic heterocycles. The maximum absolute atomic E-state index is 12.6. The van der Waals surface area contributed by atoms with Gasteiger partial charge in [0.25, 0.3) is 5.91 Å². The molecule has 1 amide bonds. The Morgan fingerprint density at radius 2 is 2.00 bits per heavy atom. The lowest BCUT2D eigenvalue weighted by Crippen LogP contribution is -2.37. The van der Waals surface area contributed by atoms with Crippen molar-refractivity contribution in [1.82, 2.24) is 5.32 Å². The van der Waals surface area contributed by atoms with Crippen LogP contribution in [0.1, 0.15) is 29.8 Å². The van der Waals surface area contributed by atoms with Crippen molar-refractivity contribution in [3.8, 4) is 6.07 Å². The maximum Gasteiger partial charge on any atom is 0.416 e. The Hall–Kier alpha value is -1.55. The number of nitrogens with one attached hydrogen (secondary N) is 1. The molecule has 0 aliphatic carbocycles. The van der Waals surface area contributed by atoms with Crippen molar-refractivity contribution in [3.05, 3.63) is 33.8 Å². The van der Waals surface area contributed by atoms with Crippen LogP contribution in [0.2, 0.25) is 0 Å². The second kappa shape index (κ2) is 6.27. The summed E-state index contributed by atoms with van der Waals surface area (Å²) in [5.41, 5.74) is -1.07. The van der Waals surface area contributed by atoms with Gasteiger partial charge < -0.3 is 5.32 Å². The Kier molecular flexibility index (Phi) is 5.17. The van der Waals surface area contributed by atoms with Gasteiger partial charge in [0.05, 0.1) is 17.2 Å². The number of halogens is 4. The number of alkyl halides is 3. The van der Waals surface area contributed by atoms with Crippen molar-refractivity contribution in [3.63, 3.8) is 0 Å². The van der Waals surface area contributed by atoms with Crippen molar-refractivity contribution in [1.29, 1.82) is 5.26 Å². The summed E-state index contributed by atoms with van der Waals surface area (Å²) in [6, 6.07) is 3.94. The molecule has 1 rings (SSSR count). The van der Waals surface area contributed by atoms with Crippen LogP contribution in [0.3, 0.4) is 0 Å². The van der Waals surface area contributed by atoms with E-state index in [1.807, 2.05) is 6.07 Å². The number of carbonyl (C=O) groups is 1. The van der Waals surface area contributed by atoms with Gasteiger partial charge in [-0.3, -0.25) is 4.79 Å². The zero-order valence-electron chi connectivity index (χ0n) is 10.8.